The maximum absolute atomic E-state index is 13.5. The fraction of sp³-hybridized carbons (Fsp3) is 0.533. The second-order valence-electron chi connectivity index (χ2n) is 4.84. The first-order valence-corrected chi connectivity index (χ1v) is 8.52. The normalized spacial score (nSPS) is 18.0. The first-order chi connectivity index (χ1) is 10.6. The fourth-order valence-electron chi connectivity index (χ4n) is 2.10. The predicted octanol–water partition coefficient (Wildman–Crippen LogP) is 4.27. The van der Waals surface area contributed by atoms with E-state index < -0.39 is 5.82 Å². The van der Waals surface area contributed by atoms with Crippen molar-refractivity contribution in [2.24, 2.45) is 0 Å². The van der Waals surface area contributed by atoms with E-state index in [2.05, 4.69) is 0 Å². The molecule has 1 heterocycles. The van der Waals surface area contributed by atoms with Gasteiger partial charge in [-0.05, 0) is 47.9 Å². The highest BCUT2D eigenvalue weighted by Crippen LogP contribution is 2.34. The molecule has 0 amide bonds. The van der Waals surface area contributed by atoms with Gasteiger partial charge in [0.1, 0.15) is 17.4 Å². The van der Waals surface area contributed by atoms with Crippen LogP contribution in [0.1, 0.15) is 31.2 Å². The molecule has 22 heavy (non-hydrogen) atoms. The van der Waals surface area contributed by atoms with Crippen LogP contribution in [0.15, 0.2) is 6.07 Å². The van der Waals surface area contributed by atoms with Crippen molar-refractivity contribution in [1.29, 1.82) is 5.26 Å². The van der Waals surface area contributed by atoms with E-state index in [1.807, 2.05) is 28.7 Å². The van der Waals surface area contributed by atoms with Crippen LogP contribution in [0.3, 0.4) is 0 Å². The molecule has 0 aromatic heterocycles. The van der Waals surface area contributed by atoms with Gasteiger partial charge in [-0.1, -0.05) is 11.6 Å². The summed E-state index contributed by atoms with van der Waals surface area (Å²) in [5, 5.41) is 9.11. The molecule has 7 heteroatoms. The molecule has 0 saturated carbocycles. The van der Waals surface area contributed by atoms with Crippen LogP contribution in [0.25, 0.3) is 0 Å². The summed E-state index contributed by atoms with van der Waals surface area (Å²) in [5.41, 5.74) is -0.0492. The van der Waals surface area contributed by atoms with E-state index in [-0.39, 0.29) is 16.9 Å². The molecule has 0 N–H and O–H groups in total. The van der Waals surface area contributed by atoms with Crippen molar-refractivity contribution in [1.82, 2.24) is 0 Å². The van der Waals surface area contributed by atoms with Crippen LogP contribution in [0.5, 0.6) is 5.75 Å². The predicted molar refractivity (Wildman–Crippen MR) is 88.5 cm³/mol. The van der Waals surface area contributed by atoms with Crippen LogP contribution in [-0.4, -0.2) is 26.1 Å². The summed E-state index contributed by atoms with van der Waals surface area (Å²) in [6.07, 6.45) is 3.68. The third-order valence-corrected chi connectivity index (χ3v) is 4.53. The average molecular weight is 440 g/mol. The van der Waals surface area contributed by atoms with Gasteiger partial charge in [0.15, 0.2) is 12.0 Å². The lowest BCUT2D eigenvalue weighted by atomic mass is 10.2. The number of halogens is 3. The van der Waals surface area contributed by atoms with Gasteiger partial charge in [-0.15, -0.1) is 0 Å². The summed E-state index contributed by atoms with van der Waals surface area (Å²) >= 11 is 7.83. The van der Waals surface area contributed by atoms with Gasteiger partial charge in [-0.2, -0.15) is 5.26 Å². The van der Waals surface area contributed by atoms with Crippen molar-refractivity contribution in [2.75, 3.05) is 19.8 Å². The molecule has 1 aromatic carbocycles. The number of rotatable bonds is 6. The van der Waals surface area contributed by atoms with Crippen molar-refractivity contribution in [3.8, 4) is 11.8 Å². The summed E-state index contributed by atoms with van der Waals surface area (Å²) in [5.74, 6) is -0.295. The minimum Gasteiger partial charge on any atom is -0.491 e. The molecule has 1 saturated heterocycles. The van der Waals surface area contributed by atoms with Gasteiger partial charge in [0, 0.05) is 13.0 Å². The largest absolute Gasteiger partial charge is 0.491 e. The first-order valence-electron chi connectivity index (χ1n) is 7.07. The monoisotopic (exact) mass is 439 g/mol. The lowest BCUT2D eigenvalue weighted by Crippen LogP contribution is -2.23. The SMILES string of the molecule is N#Cc1c(F)cc(Cl)c(OCCCOC2CCCCO2)c1I. The van der Waals surface area contributed by atoms with Crippen molar-refractivity contribution in [3.63, 3.8) is 0 Å². The highest BCUT2D eigenvalue weighted by atomic mass is 127. The van der Waals surface area contributed by atoms with Gasteiger partial charge < -0.3 is 14.2 Å². The van der Waals surface area contributed by atoms with Gasteiger partial charge in [-0.3, -0.25) is 0 Å². The van der Waals surface area contributed by atoms with E-state index in [1.165, 1.54) is 0 Å². The van der Waals surface area contributed by atoms with Crippen LogP contribution in [-0.2, 0) is 9.47 Å². The number of ether oxygens (including phenoxy) is 3. The van der Waals surface area contributed by atoms with Gasteiger partial charge in [0.2, 0.25) is 0 Å². The molecule has 0 spiro atoms. The highest BCUT2D eigenvalue weighted by Gasteiger charge is 2.17. The third-order valence-electron chi connectivity index (χ3n) is 3.22. The molecular formula is C15H16ClFINO3. The van der Waals surface area contributed by atoms with Crippen molar-refractivity contribution >= 4 is 34.2 Å². The second kappa shape index (κ2) is 8.87. The standard InChI is InChI=1S/C15H16ClFINO3/c16-11-8-12(17)10(9-19)14(18)15(11)22-7-3-6-21-13-4-1-2-5-20-13/h8,13H,1-7H2. The van der Waals surface area contributed by atoms with E-state index in [9.17, 15) is 4.39 Å². The molecule has 120 valence electrons. The molecule has 2 rings (SSSR count). The van der Waals surface area contributed by atoms with Crippen LogP contribution < -0.4 is 4.74 Å². The number of benzene rings is 1. The molecule has 1 fully saturated rings. The van der Waals surface area contributed by atoms with Crippen molar-refractivity contribution < 1.29 is 18.6 Å². The minimum absolute atomic E-state index is 0.0492. The Labute approximate surface area is 147 Å². The molecule has 1 unspecified atom stereocenters. The second-order valence-corrected chi connectivity index (χ2v) is 6.33. The summed E-state index contributed by atoms with van der Waals surface area (Å²) in [6, 6.07) is 2.91. The quantitative estimate of drug-likeness (QED) is 0.491. The van der Waals surface area contributed by atoms with Crippen LogP contribution >= 0.6 is 34.2 Å². The van der Waals surface area contributed by atoms with Gasteiger partial charge in [-0.25, -0.2) is 4.39 Å². The lowest BCUT2D eigenvalue weighted by molar-refractivity contribution is -0.163. The highest BCUT2D eigenvalue weighted by molar-refractivity contribution is 14.1. The molecule has 1 aliphatic rings. The molecule has 1 atom stereocenters. The molecule has 1 aliphatic heterocycles. The zero-order valence-corrected chi connectivity index (χ0v) is 14.8. The molecule has 0 radical (unpaired) electrons. The lowest BCUT2D eigenvalue weighted by Gasteiger charge is -2.22. The molecular weight excluding hydrogens is 424 g/mol. The average Bonchev–Trinajstić information content (AvgIpc) is 2.51. The molecule has 0 aliphatic carbocycles. The molecule has 4 nitrogen and oxygen atoms in total. The zero-order chi connectivity index (χ0) is 15.9. The first kappa shape index (κ1) is 17.7. The van der Waals surface area contributed by atoms with Crippen molar-refractivity contribution in [3.05, 3.63) is 26.0 Å². The number of hydrogen-bond donors (Lipinski definition) is 0. The summed E-state index contributed by atoms with van der Waals surface area (Å²) in [6.45, 7) is 1.64. The maximum atomic E-state index is 13.5. The van der Waals surface area contributed by atoms with Gasteiger partial charge in [0.25, 0.3) is 0 Å². The Morgan fingerprint density at radius 3 is 2.95 bits per heavy atom. The summed E-state index contributed by atoms with van der Waals surface area (Å²) in [7, 11) is 0. The topological polar surface area (TPSA) is 51.5 Å². The van der Waals surface area contributed by atoms with Crippen molar-refractivity contribution in [2.45, 2.75) is 32.0 Å². The van der Waals surface area contributed by atoms with Crippen LogP contribution in [0, 0.1) is 20.7 Å². The smallest absolute Gasteiger partial charge is 0.157 e. The Hall–Kier alpha value is -0.620. The number of nitriles is 1. The Kier molecular flexibility index (Phi) is 7.15. The third kappa shape index (κ3) is 4.69. The van der Waals surface area contributed by atoms with E-state index in [1.54, 1.807) is 0 Å². The van der Waals surface area contributed by atoms with E-state index in [0.717, 1.165) is 31.9 Å². The van der Waals surface area contributed by atoms with Gasteiger partial charge in [0.05, 0.1) is 21.8 Å². The Morgan fingerprint density at radius 2 is 2.27 bits per heavy atom. The number of nitrogens with zero attached hydrogens (tertiary/aromatic N) is 1. The van der Waals surface area contributed by atoms with Crippen LogP contribution in [0.4, 0.5) is 4.39 Å². The molecule has 1 aromatic rings. The van der Waals surface area contributed by atoms with E-state index in [4.69, 9.17) is 31.1 Å². The number of hydrogen-bond acceptors (Lipinski definition) is 4. The van der Waals surface area contributed by atoms with Gasteiger partial charge >= 0.3 is 0 Å². The van der Waals surface area contributed by atoms with E-state index in [0.29, 0.717) is 29.0 Å². The Morgan fingerprint density at radius 1 is 1.45 bits per heavy atom. The summed E-state index contributed by atoms with van der Waals surface area (Å²) < 4.78 is 30.6. The van der Waals surface area contributed by atoms with Crippen LogP contribution in [0.2, 0.25) is 5.02 Å². The Balaban J connectivity index is 1.80. The zero-order valence-electron chi connectivity index (χ0n) is 11.9. The van der Waals surface area contributed by atoms with E-state index >= 15 is 0 Å². The fourth-order valence-corrected chi connectivity index (χ4v) is 3.33. The molecule has 0 bridgehead atoms. The maximum Gasteiger partial charge on any atom is 0.157 e. The minimum atomic E-state index is -0.637. The summed E-state index contributed by atoms with van der Waals surface area (Å²) in [4.78, 5) is 0. The Bertz CT molecular complexity index is 559.